The van der Waals surface area contributed by atoms with Crippen LogP contribution in [0.25, 0.3) is 11.5 Å². The summed E-state index contributed by atoms with van der Waals surface area (Å²) in [5.74, 6) is 1.28. The van der Waals surface area contributed by atoms with Crippen molar-refractivity contribution in [2.45, 2.75) is 31.8 Å². The van der Waals surface area contributed by atoms with E-state index in [1.165, 1.54) is 11.1 Å². The van der Waals surface area contributed by atoms with Crippen LogP contribution in [-0.2, 0) is 17.6 Å². The van der Waals surface area contributed by atoms with Crippen molar-refractivity contribution >= 4 is 12.4 Å². The summed E-state index contributed by atoms with van der Waals surface area (Å²) in [4.78, 5) is 4.52. The maximum absolute atomic E-state index is 5.60. The summed E-state index contributed by atoms with van der Waals surface area (Å²) in [6.07, 6.45) is 4.19. The lowest BCUT2D eigenvalue weighted by Crippen LogP contribution is -2.16. The van der Waals surface area contributed by atoms with Crippen LogP contribution in [0, 0.1) is 0 Å². The van der Waals surface area contributed by atoms with Crippen molar-refractivity contribution in [3.8, 4) is 11.5 Å². The molecule has 22 heavy (non-hydrogen) atoms. The van der Waals surface area contributed by atoms with Crippen LogP contribution in [-0.4, -0.2) is 29.8 Å². The van der Waals surface area contributed by atoms with E-state index in [2.05, 4.69) is 33.7 Å². The van der Waals surface area contributed by atoms with Crippen LogP contribution >= 0.6 is 12.4 Å². The number of ether oxygens (including phenoxy) is 1. The number of hydrogen-bond acceptors (Lipinski definition) is 5. The Balaban J connectivity index is 0.00000144. The predicted octanol–water partition coefficient (Wildman–Crippen LogP) is 2.70. The Bertz CT molecular complexity index is 638. The van der Waals surface area contributed by atoms with Gasteiger partial charge in [0.1, 0.15) is 6.10 Å². The lowest BCUT2D eigenvalue weighted by molar-refractivity contribution is 0.103. The lowest BCUT2D eigenvalue weighted by atomic mass is 10.00. The molecule has 6 heteroatoms. The highest BCUT2D eigenvalue weighted by Gasteiger charge is 2.23. The third kappa shape index (κ3) is 3.02. The molecule has 0 amide bonds. The van der Waals surface area contributed by atoms with Gasteiger partial charge < -0.3 is 14.6 Å². The quantitative estimate of drug-likeness (QED) is 0.921. The van der Waals surface area contributed by atoms with Gasteiger partial charge in [-0.05, 0) is 62.0 Å². The van der Waals surface area contributed by atoms with Crippen molar-refractivity contribution < 1.29 is 9.26 Å². The second-order valence-electron chi connectivity index (χ2n) is 5.69. The highest BCUT2D eigenvalue weighted by atomic mass is 35.5. The van der Waals surface area contributed by atoms with Crippen LogP contribution in [0.15, 0.2) is 22.7 Å². The molecule has 4 rings (SSSR count). The molecule has 1 aromatic heterocycles. The molecule has 1 saturated heterocycles. The van der Waals surface area contributed by atoms with Crippen LogP contribution in [0.2, 0.25) is 0 Å². The summed E-state index contributed by atoms with van der Waals surface area (Å²) >= 11 is 0. The van der Waals surface area contributed by atoms with Crippen LogP contribution < -0.4 is 5.32 Å². The fourth-order valence-electron chi connectivity index (χ4n) is 3.07. The summed E-state index contributed by atoms with van der Waals surface area (Å²) in [6.45, 7) is 2.87. The summed E-state index contributed by atoms with van der Waals surface area (Å²) < 4.78 is 11.0. The average Bonchev–Trinajstić information content (AvgIpc) is 3.14. The highest BCUT2D eigenvalue weighted by Crippen LogP contribution is 2.29. The van der Waals surface area contributed by atoms with Gasteiger partial charge in [-0.2, -0.15) is 4.98 Å². The second kappa shape index (κ2) is 6.77. The van der Waals surface area contributed by atoms with Gasteiger partial charge in [0.05, 0.1) is 0 Å². The number of fused-ring (bicyclic) bond motifs is 1. The Morgan fingerprint density at radius 3 is 2.82 bits per heavy atom. The predicted molar refractivity (Wildman–Crippen MR) is 85.2 cm³/mol. The number of rotatable bonds is 2. The highest BCUT2D eigenvalue weighted by molar-refractivity contribution is 5.85. The number of nitrogens with one attached hydrogen (secondary N) is 1. The molecule has 1 fully saturated rings. The molecular weight excluding hydrogens is 302 g/mol. The maximum atomic E-state index is 5.60. The van der Waals surface area contributed by atoms with Gasteiger partial charge >= 0.3 is 0 Å². The van der Waals surface area contributed by atoms with E-state index in [0.717, 1.165) is 50.9 Å². The largest absolute Gasteiger partial charge is 0.370 e. The first-order valence-electron chi connectivity index (χ1n) is 7.68. The lowest BCUT2D eigenvalue weighted by Gasteiger charge is -2.06. The van der Waals surface area contributed by atoms with E-state index in [4.69, 9.17) is 9.26 Å². The van der Waals surface area contributed by atoms with Gasteiger partial charge in [-0.1, -0.05) is 11.2 Å². The van der Waals surface area contributed by atoms with Gasteiger partial charge in [0.15, 0.2) is 0 Å². The van der Waals surface area contributed by atoms with Crippen molar-refractivity contribution in [1.29, 1.82) is 0 Å². The summed E-state index contributed by atoms with van der Waals surface area (Å²) in [5.41, 5.74) is 3.81. The zero-order chi connectivity index (χ0) is 14.1. The van der Waals surface area contributed by atoms with E-state index in [1.54, 1.807) is 0 Å². The SMILES string of the molecule is Cl.c1cc2c(cc1-c1nc(C3CCCO3)no1)CCNCC2. The first-order chi connectivity index (χ1) is 10.4. The molecule has 2 aromatic rings. The van der Waals surface area contributed by atoms with Crippen molar-refractivity contribution in [2.24, 2.45) is 0 Å². The molecule has 2 aliphatic heterocycles. The van der Waals surface area contributed by atoms with E-state index in [9.17, 15) is 0 Å². The topological polar surface area (TPSA) is 60.2 Å². The Morgan fingerprint density at radius 1 is 1.14 bits per heavy atom. The molecule has 3 heterocycles. The molecule has 0 bridgehead atoms. The van der Waals surface area contributed by atoms with Crippen molar-refractivity contribution in [3.05, 3.63) is 35.2 Å². The van der Waals surface area contributed by atoms with Crippen LogP contribution in [0.1, 0.15) is 35.9 Å². The van der Waals surface area contributed by atoms with Crippen LogP contribution in [0.3, 0.4) is 0 Å². The molecule has 1 atom stereocenters. The van der Waals surface area contributed by atoms with Crippen LogP contribution in [0.4, 0.5) is 0 Å². The van der Waals surface area contributed by atoms with E-state index < -0.39 is 0 Å². The van der Waals surface area contributed by atoms with E-state index >= 15 is 0 Å². The third-order valence-electron chi connectivity index (χ3n) is 4.25. The summed E-state index contributed by atoms with van der Waals surface area (Å²) in [6, 6.07) is 6.46. The summed E-state index contributed by atoms with van der Waals surface area (Å²) in [5, 5.41) is 7.51. The number of nitrogens with zero attached hydrogens (tertiary/aromatic N) is 2. The summed E-state index contributed by atoms with van der Waals surface area (Å²) in [7, 11) is 0. The van der Waals surface area contributed by atoms with Crippen LogP contribution in [0.5, 0.6) is 0 Å². The zero-order valence-electron chi connectivity index (χ0n) is 12.4. The Kier molecular flexibility index (Phi) is 4.76. The first kappa shape index (κ1) is 15.5. The minimum Gasteiger partial charge on any atom is -0.370 e. The smallest absolute Gasteiger partial charge is 0.258 e. The molecule has 0 aliphatic carbocycles. The van der Waals surface area contributed by atoms with E-state index in [0.29, 0.717) is 11.7 Å². The maximum Gasteiger partial charge on any atom is 0.258 e. The molecule has 0 spiro atoms. The Hall–Kier alpha value is -1.43. The fourth-order valence-corrected chi connectivity index (χ4v) is 3.07. The van der Waals surface area contributed by atoms with Gasteiger partial charge in [0.25, 0.3) is 5.89 Å². The Labute approximate surface area is 135 Å². The van der Waals surface area contributed by atoms with Crippen molar-refractivity contribution in [1.82, 2.24) is 15.5 Å². The Morgan fingerprint density at radius 2 is 2.00 bits per heavy atom. The van der Waals surface area contributed by atoms with Crippen molar-refractivity contribution in [2.75, 3.05) is 19.7 Å². The average molecular weight is 322 g/mol. The minimum atomic E-state index is 0. The molecule has 1 aromatic carbocycles. The van der Waals surface area contributed by atoms with Crippen molar-refractivity contribution in [3.63, 3.8) is 0 Å². The molecule has 0 radical (unpaired) electrons. The standard InChI is InChI=1S/C16H19N3O2.ClH/c1-2-14(20-9-1)15-18-16(21-19-15)13-4-3-11-5-7-17-8-6-12(11)10-13;/h3-4,10,14,17H,1-2,5-9H2;1H. The first-order valence-corrected chi connectivity index (χ1v) is 7.68. The van der Waals surface area contributed by atoms with Gasteiger partial charge in [0.2, 0.25) is 5.82 Å². The van der Waals surface area contributed by atoms with Gasteiger partial charge in [-0.3, -0.25) is 0 Å². The third-order valence-corrected chi connectivity index (χ3v) is 4.25. The van der Waals surface area contributed by atoms with E-state index in [-0.39, 0.29) is 18.5 Å². The zero-order valence-corrected chi connectivity index (χ0v) is 13.2. The van der Waals surface area contributed by atoms with Gasteiger partial charge in [-0.15, -0.1) is 12.4 Å². The molecule has 1 unspecified atom stereocenters. The number of aromatic nitrogens is 2. The molecule has 0 saturated carbocycles. The molecule has 2 aliphatic rings. The molecule has 5 nitrogen and oxygen atoms in total. The van der Waals surface area contributed by atoms with E-state index in [1.807, 2.05) is 0 Å². The normalized spacial score (nSPS) is 21.0. The molecular formula is C16H20ClN3O2. The number of halogens is 1. The monoisotopic (exact) mass is 321 g/mol. The fraction of sp³-hybridized carbons (Fsp3) is 0.500. The minimum absolute atomic E-state index is 0. The second-order valence-corrected chi connectivity index (χ2v) is 5.69. The molecule has 1 N–H and O–H groups in total. The number of benzene rings is 1. The molecule has 118 valence electrons. The van der Waals surface area contributed by atoms with Gasteiger partial charge in [-0.25, -0.2) is 0 Å². The number of hydrogen-bond donors (Lipinski definition) is 1. The van der Waals surface area contributed by atoms with Gasteiger partial charge in [0, 0.05) is 12.2 Å².